The van der Waals surface area contributed by atoms with Gasteiger partial charge >= 0.3 is 0 Å². The maximum Gasteiger partial charge on any atom is 0.118 e. The van der Waals surface area contributed by atoms with Gasteiger partial charge in [0.1, 0.15) is 5.75 Å². The SMILES string of the molecule is Cc1cc(NC(C)c2ccoc2)c(C)cc1O. The molecule has 0 saturated heterocycles. The summed E-state index contributed by atoms with van der Waals surface area (Å²) >= 11 is 0. The molecular formula is C14H17NO2. The molecule has 0 aliphatic carbocycles. The van der Waals surface area contributed by atoms with Crippen LogP contribution in [0.25, 0.3) is 0 Å². The van der Waals surface area contributed by atoms with Crippen molar-refractivity contribution in [3.05, 3.63) is 47.4 Å². The molecule has 2 aromatic rings. The number of aromatic hydroxyl groups is 1. The predicted octanol–water partition coefficient (Wildman–Crippen LogP) is 3.78. The van der Waals surface area contributed by atoms with E-state index < -0.39 is 0 Å². The fourth-order valence-electron chi connectivity index (χ4n) is 1.79. The summed E-state index contributed by atoms with van der Waals surface area (Å²) in [5.41, 5.74) is 4.05. The number of aryl methyl sites for hydroxylation is 2. The van der Waals surface area contributed by atoms with Crippen LogP contribution in [0.1, 0.15) is 29.7 Å². The van der Waals surface area contributed by atoms with Gasteiger partial charge in [-0.05, 0) is 50.1 Å². The number of hydrogen-bond acceptors (Lipinski definition) is 3. The van der Waals surface area contributed by atoms with E-state index in [4.69, 9.17) is 4.42 Å². The standard InChI is InChI=1S/C14H17NO2/c1-9-7-14(16)10(2)6-13(9)15-11(3)12-4-5-17-8-12/h4-8,11,15-16H,1-3H3. The third-order valence-electron chi connectivity index (χ3n) is 2.96. The molecular weight excluding hydrogens is 214 g/mol. The second kappa shape index (κ2) is 4.53. The number of phenolic OH excluding ortho intramolecular Hbond substituents is 1. The fraction of sp³-hybridized carbons (Fsp3) is 0.286. The van der Waals surface area contributed by atoms with Crippen molar-refractivity contribution in [2.45, 2.75) is 26.8 Å². The summed E-state index contributed by atoms with van der Waals surface area (Å²) in [5.74, 6) is 0.337. The van der Waals surface area contributed by atoms with Crippen molar-refractivity contribution in [2.24, 2.45) is 0 Å². The van der Waals surface area contributed by atoms with Crippen LogP contribution in [0.4, 0.5) is 5.69 Å². The van der Waals surface area contributed by atoms with E-state index in [2.05, 4.69) is 12.2 Å². The van der Waals surface area contributed by atoms with Crippen molar-refractivity contribution in [1.29, 1.82) is 0 Å². The Morgan fingerprint density at radius 3 is 2.65 bits per heavy atom. The van der Waals surface area contributed by atoms with Crippen LogP contribution < -0.4 is 5.32 Å². The molecule has 1 aromatic heterocycles. The molecule has 0 radical (unpaired) electrons. The molecule has 0 amide bonds. The Bertz CT molecular complexity index is 503. The van der Waals surface area contributed by atoms with E-state index in [0.717, 1.165) is 22.4 Å². The Labute approximate surface area is 101 Å². The first-order chi connectivity index (χ1) is 8.08. The summed E-state index contributed by atoms with van der Waals surface area (Å²) < 4.78 is 5.07. The Morgan fingerprint density at radius 2 is 2.00 bits per heavy atom. The van der Waals surface area contributed by atoms with Crippen molar-refractivity contribution in [2.75, 3.05) is 5.32 Å². The van der Waals surface area contributed by atoms with Gasteiger partial charge in [0.05, 0.1) is 18.6 Å². The number of phenols is 1. The zero-order valence-corrected chi connectivity index (χ0v) is 10.3. The fourth-order valence-corrected chi connectivity index (χ4v) is 1.79. The summed E-state index contributed by atoms with van der Waals surface area (Å²) in [5, 5.41) is 13.0. The highest BCUT2D eigenvalue weighted by Crippen LogP contribution is 2.28. The second-order valence-electron chi connectivity index (χ2n) is 4.38. The minimum Gasteiger partial charge on any atom is -0.508 e. The first-order valence-corrected chi connectivity index (χ1v) is 5.67. The van der Waals surface area contributed by atoms with Gasteiger partial charge in [-0.3, -0.25) is 0 Å². The lowest BCUT2D eigenvalue weighted by Crippen LogP contribution is -2.06. The van der Waals surface area contributed by atoms with Gasteiger partial charge in [-0.2, -0.15) is 0 Å². The molecule has 0 aliphatic rings. The Morgan fingerprint density at radius 1 is 1.24 bits per heavy atom. The van der Waals surface area contributed by atoms with Gasteiger partial charge in [-0.25, -0.2) is 0 Å². The summed E-state index contributed by atoms with van der Waals surface area (Å²) in [6.45, 7) is 5.94. The average molecular weight is 231 g/mol. The van der Waals surface area contributed by atoms with Gasteiger partial charge in [0.2, 0.25) is 0 Å². The normalized spacial score (nSPS) is 12.4. The third kappa shape index (κ3) is 2.44. The molecule has 0 spiro atoms. The van der Waals surface area contributed by atoms with E-state index in [1.165, 1.54) is 0 Å². The zero-order valence-electron chi connectivity index (χ0n) is 10.3. The molecule has 1 unspecified atom stereocenters. The summed E-state index contributed by atoms with van der Waals surface area (Å²) in [7, 11) is 0. The van der Waals surface area contributed by atoms with Crippen LogP contribution in [0.3, 0.4) is 0 Å². The first-order valence-electron chi connectivity index (χ1n) is 5.67. The maximum absolute atomic E-state index is 9.60. The minimum atomic E-state index is 0.177. The van der Waals surface area contributed by atoms with Crippen LogP contribution in [0.2, 0.25) is 0 Å². The lowest BCUT2D eigenvalue weighted by molar-refractivity contribution is 0.470. The third-order valence-corrected chi connectivity index (χ3v) is 2.96. The number of benzene rings is 1. The molecule has 3 nitrogen and oxygen atoms in total. The number of rotatable bonds is 3. The van der Waals surface area contributed by atoms with Gasteiger partial charge in [0.25, 0.3) is 0 Å². The number of nitrogens with one attached hydrogen (secondary N) is 1. The van der Waals surface area contributed by atoms with Crippen LogP contribution in [0.15, 0.2) is 35.1 Å². The second-order valence-corrected chi connectivity index (χ2v) is 4.38. The van der Waals surface area contributed by atoms with Gasteiger partial charge < -0.3 is 14.8 Å². The number of anilines is 1. The van der Waals surface area contributed by atoms with E-state index in [1.807, 2.05) is 26.0 Å². The molecule has 3 heteroatoms. The van der Waals surface area contributed by atoms with Crippen molar-refractivity contribution in [3.63, 3.8) is 0 Å². The molecule has 1 aromatic carbocycles. The average Bonchev–Trinajstić information content (AvgIpc) is 2.79. The molecule has 0 aliphatic heterocycles. The minimum absolute atomic E-state index is 0.177. The molecule has 0 bridgehead atoms. The van der Waals surface area contributed by atoms with Crippen LogP contribution in [0.5, 0.6) is 5.75 Å². The topological polar surface area (TPSA) is 45.4 Å². The summed E-state index contributed by atoms with van der Waals surface area (Å²) in [6, 6.07) is 5.86. The van der Waals surface area contributed by atoms with Crippen LogP contribution >= 0.6 is 0 Å². The van der Waals surface area contributed by atoms with Gasteiger partial charge in [-0.15, -0.1) is 0 Å². The molecule has 0 saturated carbocycles. The molecule has 1 heterocycles. The van der Waals surface area contributed by atoms with Gasteiger partial charge in [0, 0.05) is 11.3 Å². The highest BCUT2D eigenvalue weighted by atomic mass is 16.3. The lowest BCUT2D eigenvalue weighted by Gasteiger charge is -2.16. The van der Waals surface area contributed by atoms with E-state index in [0.29, 0.717) is 5.75 Å². The van der Waals surface area contributed by atoms with Gasteiger partial charge in [-0.1, -0.05) is 0 Å². The van der Waals surface area contributed by atoms with Crippen molar-refractivity contribution < 1.29 is 9.52 Å². The molecule has 90 valence electrons. The van der Waals surface area contributed by atoms with E-state index >= 15 is 0 Å². The smallest absolute Gasteiger partial charge is 0.118 e. The number of furan rings is 1. The number of hydrogen-bond donors (Lipinski definition) is 2. The van der Waals surface area contributed by atoms with E-state index in [-0.39, 0.29) is 6.04 Å². The molecule has 2 N–H and O–H groups in total. The van der Waals surface area contributed by atoms with Crippen molar-refractivity contribution in [1.82, 2.24) is 0 Å². The van der Waals surface area contributed by atoms with Crippen LogP contribution in [-0.4, -0.2) is 5.11 Å². The van der Waals surface area contributed by atoms with Crippen molar-refractivity contribution >= 4 is 5.69 Å². The Balaban J connectivity index is 2.22. The predicted molar refractivity (Wildman–Crippen MR) is 68.3 cm³/mol. The monoisotopic (exact) mass is 231 g/mol. The first kappa shape index (κ1) is 11.6. The molecule has 1 atom stereocenters. The van der Waals surface area contributed by atoms with Crippen molar-refractivity contribution in [3.8, 4) is 5.75 Å². The van der Waals surface area contributed by atoms with E-state index in [1.54, 1.807) is 18.6 Å². The van der Waals surface area contributed by atoms with Crippen LogP contribution in [0, 0.1) is 13.8 Å². The molecule has 0 fully saturated rings. The summed E-state index contributed by atoms with van der Waals surface area (Å²) in [6.07, 6.45) is 3.41. The van der Waals surface area contributed by atoms with Crippen LogP contribution in [-0.2, 0) is 0 Å². The van der Waals surface area contributed by atoms with E-state index in [9.17, 15) is 5.11 Å². The quantitative estimate of drug-likeness (QED) is 0.790. The Hall–Kier alpha value is -1.90. The van der Waals surface area contributed by atoms with Gasteiger partial charge in [0.15, 0.2) is 0 Å². The highest BCUT2D eigenvalue weighted by Gasteiger charge is 2.09. The lowest BCUT2D eigenvalue weighted by atomic mass is 10.1. The maximum atomic E-state index is 9.60. The molecule has 17 heavy (non-hydrogen) atoms. The largest absolute Gasteiger partial charge is 0.508 e. The Kier molecular flexibility index (Phi) is 3.09. The summed E-state index contributed by atoms with van der Waals surface area (Å²) in [4.78, 5) is 0. The zero-order chi connectivity index (χ0) is 12.4. The molecule has 2 rings (SSSR count). The highest BCUT2D eigenvalue weighted by molar-refractivity contribution is 5.57.